The Morgan fingerprint density at radius 3 is 2.33 bits per heavy atom. The number of carbonyl (C=O) groups is 1. The highest BCUT2D eigenvalue weighted by molar-refractivity contribution is 7.90. The standard InChI is InChI=1S/C25H24N2O4S2/c1-25(2,17-7-5-4-6-8-17)18-9-11-19(12-10-18)31-16-23(28)27-24-26-21-14-13-20(33(3,29)30)15-22(21)32-24/h4-15H,16H2,1-3H3,(H,26,27,28). The summed E-state index contributed by atoms with van der Waals surface area (Å²) in [6.07, 6.45) is 1.16. The van der Waals surface area contributed by atoms with Gasteiger partial charge in [0, 0.05) is 11.7 Å². The van der Waals surface area contributed by atoms with Gasteiger partial charge in [0.05, 0.1) is 15.1 Å². The van der Waals surface area contributed by atoms with Crippen LogP contribution in [-0.4, -0.2) is 32.2 Å². The summed E-state index contributed by atoms with van der Waals surface area (Å²) < 4.78 is 29.8. The smallest absolute Gasteiger partial charge is 0.264 e. The number of ether oxygens (including phenoxy) is 1. The van der Waals surface area contributed by atoms with Gasteiger partial charge in [-0.25, -0.2) is 13.4 Å². The van der Waals surface area contributed by atoms with Gasteiger partial charge in [-0.3, -0.25) is 10.1 Å². The maximum absolute atomic E-state index is 12.3. The second kappa shape index (κ2) is 8.96. The van der Waals surface area contributed by atoms with Gasteiger partial charge < -0.3 is 4.74 Å². The van der Waals surface area contributed by atoms with E-state index in [0.29, 0.717) is 21.1 Å². The van der Waals surface area contributed by atoms with Gasteiger partial charge in [-0.1, -0.05) is 67.6 Å². The van der Waals surface area contributed by atoms with Gasteiger partial charge in [0.15, 0.2) is 21.6 Å². The molecular formula is C25H24N2O4S2. The molecule has 1 heterocycles. The van der Waals surface area contributed by atoms with E-state index in [2.05, 4.69) is 36.3 Å². The van der Waals surface area contributed by atoms with Crippen LogP contribution in [0.5, 0.6) is 5.75 Å². The van der Waals surface area contributed by atoms with E-state index in [-0.39, 0.29) is 22.8 Å². The van der Waals surface area contributed by atoms with Crippen molar-refractivity contribution in [1.29, 1.82) is 0 Å². The molecule has 6 nitrogen and oxygen atoms in total. The van der Waals surface area contributed by atoms with Crippen molar-refractivity contribution in [2.75, 3.05) is 18.2 Å². The molecule has 8 heteroatoms. The zero-order valence-corrected chi connectivity index (χ0v) is 20.2. The van der Waals surface area contributed by atoms with Crippen molar-refractivity contribution in [2.24, 2.45) is 0 Å². The molecule has 0 radical (unpaired) electrons. The molecule has 4 rings (SSSR count). The highest BCUT2D eigenvalue weighted by Crippen LogP contribution is 2.32. The number of rotatable bonds is 7. The van der Waals surface area contributed by atoms with Crippen molar-refractivity contribution in [3.8, 4) is 5.75 Å². The first-order valence-corrected chi connectivity index (χ1v) is 13.0. The number of nitrogens with one attached hydrogen (secondary N) is 1. The van der Waals surface area contributed by atoms with Crippen LogP contribution in [0.2, 0.25) is 0 Å². The lowest BCUT2D eigenvalue weighted by molar-refractivity contribution is -0.118. The summed E-state index contributed by atoms with van der Waals surface area (Å²) in [4.78, 5) is 16.9. The number of hydrogen-bond acceptors (Lipinski definition) is 6. The Kier molecular flexibility index (Phi) is 6.23. The number of benzene rings is 3. The van der Waals surface area contributed by atoms with Crippen LogP contribution < -0.4 is 10.1 Å². The molecule has 4 aromatic rings. The highest BCUT2D eigenvalue weighted by atomic mass is 32.2. The van der Waals surface area contributed by atoms with E-state index in [0.717, 1.165) is 11.8 Å². The molecule has 0 aliphatic carbocycles. The Morgan fingerprint density at radius 1 is 1.00 bits per heavy atom. The third-order valence-corrected chi connectivity index (χ3v) is 7.52. The Morgan fingerprint density at radius 2 is 1.67 bits per heavy atom. The Labute approximate surface area is 197 Å². The maximum atomic E-state index is 12.3. The van der Waals surface area contributed by atoms with Crippen LogP contribution in [0.1, 0.15) is 25.0 Å². The van der Waals surface area contributed by atoms with Crippen molar-refractivity contribution in [1.82, 2.24) is 4.98 Å². The van der Waals surface area contributed by atoms with Gasteiger partial charge in [-0.05, 0) is 41.5 Å². The van der Waals surface area contributed by atoms with Crippen molar-refractivity contribution >= 4 is 42.4 Å². The molecule has 0 spiro atoms. The van der Waals surface area contributed by atoms with E-state index in [1.165, 1.54) is 23.0 Å². The van der Waals surface area contributed by atoms with Crippen LogP contribution in [0, 0.1) is 0 Å². The predicted molar refractivity (Wildman–Crippen MR) is 132 cm³/mol. The summed E-state index contributed by atoms with van der Waals surface area (Å²) in [5.74, 6) is 0.256. The lowest BCUT2D eigenvalue weighted by atomic mass is 9.78. The topological polar surface area (TPSA) is 85.4 Å². The maximum Gasteiger partial charge on any atom is 0.264 e. The fraction of sp³-hybridized carbons (Fsp3) is 0.200. The molecule has 0 bridgehead atoms. The number of amides is 1. The molecule has 0 saturated heterocycles. The Balaban J connectivity index is 1.38. The van der Waals surface area contributed by atoms with Gasteiger partial charge in [0.1, 0.15) is 5.75 Å². The first-order chi connectivity index (χ1) is 15.6. The van der Waals surface area contributed by atoms with Crippen molar-refractivity contribution in [3.63, 3.8) is 0 Å². The van der Waals surface area contributed by atoms with Crippen LogP contribution in [0.15, 0.2) is 77.7 Å². The van der Waals surface area contributed by atoms with E-state index < -0.39 is 9.84 Å². The molecule has 0 unspecified atom stereocenters. The molecule has 170 valence electrons. The predicted octanol–water partition coefficient (Wildman–Crippen LogP) is 5.04. The molecule has 0 aliphatic rings. The van der Waals surface area contributed by atoms with Gasteiger partial charge in [0.25, 0.3) is 5.91 Å². The van der Waals surface area contributed by atoms with Gasteiger partial charge >= 0.3 is 0 Å². The zero-order valence-electron chi connectivity index (χ0n) is 18.5. The molecule has 0 atom stereocenters. The van der Waals surface area contributed by atoms with E-state index in [9.17, 15) is 13.2 Å². The average molecular weight is 481 g/mol. The van der Waals surface area contributed by atoms with E-state index in [1.54, 1.807) is 12.1 Å². The largest absolute Gasteiger partial charge is 0.484 e. The van der Waals surface area contributed by atoms with Crippen LogP contribution in [-0.2, 0) is 20.0 Å². The van der Waals surface area contributed by atoms with Crippen LogP contribution >= 0.6 is 11.3 Å². The van der Waals surface area contributed by atoms with Gasteiger partial charge in [-0.2, -0.15) is 0 Å². The fourth-order valence-corrected chi connectivity index (χ4v) is 5.13. The van der Waals surface area contributed by atoms with Crippen molar-refractivity contribution in [3.05, 3.63) is 83.9 Å². The minimum absolute atomic E-state index is 0.152. The third kappa shape index (κ3) is 5.23. The first kappa shape index (κ1) is 22.9. The van der Waals surface area contributed by atoms with Crippen LogP contribution in [0.25, 0.3) is 10.2 Å². The number of aromatic nitrogens is 1. The van der Waals surface area contributed by atoms with E-state index >= 15 is 0 Å². The quantitative estimate of drug-likeness (QED) is 0.400. The fourth-order valence-electron chi connectivity index (χ4n) is 3.48. The normalized spacial score (nSPS) is 12.0. The summed E-state index contributed by atoms with van der Waals surface area (Å²) in [5, 5.41) is 3.10. The molecule has 0 saturated carbocycles. The average Bonchev–Trinajstić information content (AvgIpc) is 3.19. The number of nitrogens with zero attached hydrogens (tertiary/aromatic N) is 1. The summed E-state index contributed by atoms with van der Waals surface area (Å²) in [5.41, 5.74) is 2.84. The minimum Gasteiger partial charge on any atom is -0.484 e. The number of anilines is 1. The first-order valence-electron chi connectivity index (χ1n) is 10.3. The summed E-state index contributed by atoms with van der Waals surface area (Å²) in [7, 11) is -3.30. The Hall–Kier alpha value is -3.23. The molecule has 1 aromatic heterocycles. The van der Waals surface area contributed by atoms with E-state index in [4.69, 9.17) is 4.74 Å². The third-order valence-electron chi connectivity index (χ3n) is 5.48. The van der Waals surface area contributed by atoms with Gasteiger partial charge in [0.2, 0.25) is 0 Å². The summed E-state index contributed by atoms with van der Waals surface area (Å²) in [6.45, 7) is 4.18. The van der Waals surface area contributed by atoms with Crippen LogP contribution in [0.3, 0.4) is 0 Å². The second-order valence-electron chi connectivity index (χ2n) is 8.27. The minimum atomic E-state index is -3.30. The number of fused-ring (bicyclic) bond motifs is 1. The van der Waals surface area contributed by atoms with Gasteiger partial charge in [-0.15, -0.1) is 0 Å². The molecule has 3 aromatic carbocycles. The molecule has 33 heavy (non-hydrogen) atoms. The SMILES string of the molecule is CC(C)(c1ccccc1)c1ccc(OCC(=O)Nc2nc3ccc(S(C)(=O)=O)cc3s2)cc1. The molecule has 0 aliphatic heterocycles. The lowest BCUT2D eigenvalue weighted by Gasteiger charge is -2.26. The monoisotopic (exact) mass is 480 g/mol. The molecule has 0 fully saturated rings. The number of sulfone groups is 1. The Bertz CT molecular complexity index is 1390. The lowest BCUT2D eigenvalue weighted by Crippen LogP contribution is -2.20. The van der Waals surface area contributed by atoms with Crippen LogP contribution in [0.4, 0.5) is 5.13 Å². The van der Waals surface area contributed by atoms with Crippen molar-refractivity contribution < 1.29 is 17.9 Å². The van der Waals surface area contributed by atoms with Crippen molar-refractivity contribution in [2.45, 2.75) is 24.2 Å². The summed E-state index contributed by atoms with van der Waals surface area (Å²) >= 11 is 1.22. The molecule has 1 N–H and O–H groups in total. The van der Waals surface area contributed by atoms with E-state index in [1.807, 2.05) is 42.5 Å². The number of thiazole rings is 1. The summed E-state index contributed by atoms with van der Waals surface area (Å²) in [6, 6.07) is 22.7. The zero-order chi connectivity index (χ0) is 23.6. The molecular weight excluding hydrogens is 456 g/mol. The highest BCUT2D eigenvalue weighted by Gasteiger charge is 2.22. The number of hydrogen-bond donors (Lipinski definition) is 1. The second-order valence-corrected chi connectivity index (χ2v) is 11.3. The molecule has 1 amide bonds. The number of carbonyl (C=O) groups excluding carboxylic acids is 1.